The smallest absolute Gasteiger partial charge is 0.326 e. The van der Waals surface area contributed by atoms with Crippen LogP contribution in [0.4, 0.5) is 0 Å². The predicted octanol–water partition coefficient (Wildman–Crippen LogP) is -2.65. The van der Waals surface area contributed by atoms with Crippen molar-refractivity contribution in [2.45, 2.75) is 69.8 Å². The van der Waals surface area contributed by atoms with Crippen molar-refractivity contribution < 1.29 is 29.4 Å². The summed E-state index contributed by atoms with van der Waals surface area (Å²) in [6.07, 6.45) is 3.07. The summed E-state index contributed by atoms with van der Waals surface area (Å²) in [6.45, 7) is 3.06. The zero-order valence-corrected chi connectivity index (χ0v) is 18.2. The Labute approximate surface area is 185 Å². The number of imidazole rings is 1. The van der Waals surface area contributed by atoms with E-state index in [0.29, 0.717) is 25.1 Å². The van der Waals surface area contributed by atoms with Crippen LogP contribution in [-0.4, -0.2) is 80.7 Å². The number of aromatic amines is 1. The average Bonchev–Trinajstić information content (AvgIpc) is 3.23. The Kier molecular flexibility index (Phi) is 11.3. The van der Waals surface area contributed by atoms with Gasteiger partial charge < -0.3 is 42.6 Å². The number of unbranched alkanes of at least 4 members (excludes halogenated alkanes) is 1. The molecule has 0 saturated carbocycles. The lowest BCUT2D eigenvalue weighted by Crippen LogP contribution is -2.59. The van der Waals surface area contributed by atoms with E-state index in [9.17, 15) is 29.4 Å². The van der Waals surface area contributed by atoms with Crippen molar-refractivity contribution in [3.63, 3.8) is 0 Å². The number of carbonyl (C=O) groups excluding carboxylic acids is 3. The fraction of sp³-hybridized carbons (Fsp3) is 0.632. The lowest BCUT2D eigenvalue weighted by Gasteiger charge is -2.25. The quantitative estimate of drug-likeness (QED) is 0.137. The number of amides is 3. The number of H-pyrrole nitrogens is 1. The number of aliphatic hydroxyl groups is 1. The van der Waals surface area contributed by atoms with Crippen LogP contribution < -0.4 is 27.4 Å². The molecule has 0 saturated heterocycles. The van der Waals surface area contributed by atoms with E-state index in [0.717, 1.165) is 0 Å². The normalized spacial score (nSPS) is 15.7. The van der Waals surface area contributed by atoms with Crippen LogP contribution in [0.15, 0.2) is 12.5 Å². The van der Waals surface area contributed by atoms with Gasteiger partial charge in [-0.15, -0.1) is 0 Å². The number of carbonyl (C=O) groups is 4. The summed E-state index contributed by atoms with van der Waals surface area (Å²) in [5.41, 5.74) is 11.9. The van der Waals surface area contributed by atoms with E-state index in [1.807, 2.05) is 0 Å². The number of nitrogens with one attached hydrogen (secondary N) is 4. The number of hydrogen-bond donors (Lipinski definition) is 8. The van der Waals surface area contributed by atoms with Gasteiger partial charge in [0.2, 0.25) is 17.7 Å². The van der Waals surface area contributed by atoms with Crippen molar-refractivity contribution >= 4 is 23.7 Å². The molecule has 180 valence electrons. The Morgan fingerprint density at radius 2 is 1.78 bits per heavy atom. The lowest BCUT2D eigenvalue weighted by atomic mass is 10.1. The zero-order chi connectivity index (χ0) is 24.3. The highest BCUT2D eigenvalue weighted by Crippen LogP contribution is 2.04. The molecule has 0 aliphatic rings. The number of hydrogen-bond acceptors (Lipinski definition) is 8. The van der Waals surface area contributed by atoms with Crippen LogP contribution in [0.25, 0.3) is 0 Å². The van der Waals surface area contributed by atoms with Gasteiger partial charge in [0.25, 0.3) is 0 Å². The van der Waals surface area contributed by atoms with Gasteiger partial charge in [0, 0.05) is 18.3 Å². The third-order valence-electron chi connectivity index (χ3n) is 4.71. The number of carboxylic acid groups (broad SMARTS) is 1. The van der Waals surface area contributed by atoms with E-state index >= 15 is 0 Å². The van der Waals surface area contributed by atoms with E-state index in [4.69, 9.17) is 11.5 Å². The summed E-state index contributed by atoms with van der Waals surface area (Å²) in [4.78, 5) is 55.2. The van der Waals surface area contributed by atoms with Crippen molar-refractivity contribution in [2.24, 2.45) is 11.5 Å². The molecule has 32 heavy (non-hydrogen) atoms. The van der Waals surface area contributed by atoms with Crippen LogP contribution in [0.3, 0.4) is 0 Å². The number of aliphatic carboxylic acids is 1. The number of nitrogens with zero attached hydrogens (tertiary/aromatic N) is 1. The maximum Gasteiger partial charge on any atom is 0.326 e. The third kappa shape index (κ3) is 8.99. The molecule has 1 aromatic rings. The SMILES string of the molecule is CC(NC(=O)C(N)Cc1cnc[nH]1)C(=O)NC(C(=O)NC(CCCCN)C(=O)O)C(C)O. The first-order chi connectivity index (χ1) is 15.1. The summed E-state index contributed by atoms with van der Waals surface area (Å²) >= 11 is 0. The minimum absolute atomic E-state index is 0.152. The van der Waals surface area contributed by atoms with Crippen molar-refractivity contribution in [3.8, 4) is 0 Å². The average molecular weight is 456 g/mol. The zero-order valence-electron chi connectivity index (χ0n) is 18.2. The van der Waals surface area contributed by atoms with Crippen molar-refractivity contribution in [1.82, 2.24) is 25.9 Å². The molecule has 13 nitrogen and oxygen atoms in total. The van der Waals surface area contributed by atoms with Crippen LogP contribution in [0, 0.1) is 0 Å². The fourth-order valence-electron chi connectivity index (χ4n) is 2.81. The maximum absolute atomic E-state index is 12.5. The molecule has 1 rings (SSSR count). The van der Waals surface area contributed by atoms with Crippen LogP contribution in [0.5, 0.6) is 0 Å². The minimum atomic E-state index is -1.42. The van der Waals surface area contributed by atoms with Crippen LogP contribution >= 0.6 is 0 Å². The molecule has 1 heterocycles. The van der Waals surface area contributed by atoms with Crippen LogP contribution in [0.2, 0.25) is 0 Å². The number of carboxylic acids is 1. The standard InChI is InChI=1S/C19H33N7O6/c1-10(24-17(29)13(21)7-12-8-22-9-23-12)16(28)26-15(11(2)27)18(30)25-14(19(31)32)5-3-4-6-20/h8-11,13-15,27H,3-7,20-21H2,1-2H3,(H,22,23)(H,24,29)(H,25,30)(H,26,28)(H,31,32). The molecule has 13 heteroatoms. The number of rotatable bonds is 14. The van der Waals surface area contributed by atoms with Crippen molar-refractivity contribution in [2.75, 3.05) is 6.54 Å². The van der Waals surface area contributed by atoms with Gasteiger partial charge in [-0.2, -0.15) is 0 Å². The Bertz CT molecular complexity index is 755. The number of aromatic nitrogens is 2. The Hall–Kier alpha value is -3.03. The highest BCUT2D eigenvalue weighted by molar-refractivity contribution is 5.94. The molecule has 5 atom stereocenters. The van der Waals surface area contributed by atoms with Crippen molar-refractivity contribution in [3.05, 3.63) is 18.2 Å². The summed E-state index contributed by atoms with van der Waals surface area (Å²) in [6, 6.07) is -4.61. The topological polar surface area (TPSA) is 226 Å². The van der Waals surface area contributed by atoms with Gasteiger partial charge in [0.1, 0.15) is 18.1 Å². The first-order valence-electron chi connectivity index (χ1n) is 10.3. The molecule has 10 N–H and O–H groups in total. The van der Waals surface area contributed by atoms with Gasteiger partial charge in [-0.3, -0.25) is 14.4 Å². The lowest BCUT2D eigenvalue weighted by molar-refractivity contribution is -0.143. The fourth-order valence-corrected chi connectivity index (χ4v) is 2.81. The second kappa shape index (κ2) is 13.4. The molecule has 0 fully saturated rings. The molecule has 3 amide bonds. The second-order valence-electron chi connectivity index (χ2n) is 7.53. The van der Waals surface area contributed by atoms with Gasteiger partial charge in [-0.1, -0.05) is 0 Å². The van der Waals surface area contributed by atoms with Gasteiger partial charge in [-0.25, -0.2) is 9.78 Å². The van der Waals surface area contributed by atoms with E-state index < -0.39 is 54.0 Å². The van der Waals surface area contributed by atoms with E-state index in [-0.39, 0.29) is 12.8 Å². The largest absolute Gasteiger partial charge is 0.480 e. The summed E-state index contributed by atoms with van der Waals surface area (Å²) in [5.74, 6) is -3.44. The Morgan fingerprint density at radius 3 is 2.31 bits per heavy atom. The number of nitrogens with two attached hydrogens (primary N) is 2. The van der Waals surface area contributed by atoms with Gasteiger partial charge in [0.05, 0.1) is 18.5 Å². The van der Waals surface area contributed by atoms with E-state index in [1.54, 1.807) is 0 Å². The number of aliphatic hydroxyl groups excluding tert-OH is 1. The third-order valence-corrected chi connectivity index (χ3v) is 4.71. The molecule has 0 aromatic carbocycles. The van der Waals surface area contributed by atoms with Gasteiger partial charge in [0.15, 0.2) is 0 Å². The van der Waals surface area contributed by atoms with E-state index in [2.05, 4.69) is 25.9 Å². The molecule has 0 radical (unpaired) electrons. The molecular weight excluding hydrogens is 422 g/mol. The van der Waals surface area contributed by atoms with E-state index in [1.165, 1.54) is 26.4 Å². The highest BCUT2D eigenvalue weighted by atomic mass is 16.4. The monoisotopic (exact) mass is 455 g/mol. The van der Waals surface area contributed by atoms with Gasteiger partial charge >= 0.3 is 5.97 Å². The highest BCUT2D eigenvalue weighted by Gasteiger charge is 2.31. The molecule has 0 bridgehead atoms. The van der Waals surface area contributed by atoms with Crippen LogP contribution in [0.1, 0.15) is 38.8 Å². The second-order valence-corrected chi connectivity index (χ2v) is 7.53. The maximum atomic E-state index is 12.5. The first kappa shape index (κ1) is 27.0. The van der Waals surface area contributed by atoms with Crippen molar-refractivity contribution in [1.29, 1.82) is 0 Å². The Morgan fingerprint density at radius 1 is 1.09 bits per heavy atom. The summed E-state index contributed by atoms with van der Waals surface area (Å²) in [7, 11) is 0. The molecule has 0 spiro atoms. The summed E-state index contributed by atoms with van der Waals surface area (Å²) in [5, 5.41) is 26.3. The Balaban J connectivity index is 2.66. The van der Waals surface area contributed by atoms with Gasteiger partial charge in [-0.05, 0) is 39.7 Å². The minimum Gasteiger partial charge on any atom is -0.480 e. The molecule has 5 unspecified atom stereocenters. The van der Waals surface area contributed by atoms with Crippen LogP contribution in [-0.2, 0) is 25.6 Å². The first-order valence-corrected chi connectivity index (χ1v) is 10.3. The predicted molar refractivity (Wildman–Crippen MR) is 114 cm³/mol. The molecule has 1 aromatic heterocycles. The summed E-state index contributed by atoms with van der Waals surface area (Å²) < 4.78 is 0. The molecular formula is C19H33N7O6. The molecule has 0 aliphatic carbocycles. The molecule has 0 aliphatic heterocycles.